The fraction of sp³-hybridized carbons (Fsp3) is 0.267. The molecule has 0 spiro atoms. The van der Waals surface area contributed by atoms with E-state index in [1.807, 2.05) is 37.4 Å². The lowest BCUT2D eigenvalue weighted by atomic mass is 10.2. The van der Waals surface area contributed by atoms with Crippen LogP contribution < -0.4 is 4.90 Å². The Balaban J connectivity index is 2.07. The van der Waals surface area contributed by atoms with Crippen molar-refractivity contribution < 1.29 is 5.11 Å². The molecule has 3 heteroatoms. The van der Waals surface area contributed by atoms with Crippen molar-refractivity contribution >= 4 is 5.82 Å². The van der Waals surface area contributed by atoms with Crippen molar-refractivity contribution in [3.8, 4) is 0 Å². The lowest BCUT2D eigenvalue weighted by Crippen LogP contribution is -2.17. The van der Waals surface area contributed by atoms with Gasteiger partial charge in [0.15, 0.2) is 0 Å². The largest absolute Gasteiger partial charge is 0.389 e. The lowest BCUT2D eigenvalue weighted by Gasteiger charge is -2.18. The van der Waals surface area contributed by atoms with Crippen molar-refractivity contribution in [3.05, 3.63) is 59.8 Å². The molecule has 18 heavy (non-hydrogen) atoms. The van der Waals surface area contributed by atoms with Gasteiger partial charge in [0, 0.05) is 19.8 Å². The molecule has 0 fully saturated rings. The van der Waals surface area contributed by atoms with Crippen molar-refractivity contribution in [2.75, 3.05) is 11.9 Å². The van der Waals surface area contributed by atoms with E-state index >= 15 is 0 Å². The van der Waals surface area contributed by atoms with E-state index in [0.29, 0.717) is 0 Å². The third-order valence-corrected chi connectivity index (χ3v) is 2.91. The van der Waals surface area contributed by atoms with Crippen LogP contribution in [0.5, 0.6) is 0 Å². The zero-order chi connectivity index (χ0) is 13.0. The minimum atomic E-state index is -0.467. The Morgan fingerprint density at radius 1 is 1.17 bits per heavy atom. The zero-order valence-electron chi connectivity index (χ0n) is 10.7. The van der Waals surface area contributed by atoms with Crippen LogP contribution in [-0.2, 0) is 6.54 Å². The van der Waals surface area contributed by atoms with Crippen LogP contribution in [0.1, 0.15) is 24.2 Å². The maximum Gasteiger partial charge on any atom is 0.128 e. The predicted molar refractivity (Wildman–Crippen MR) is 73.4 cm³/mol. The Morgan fingerprint density at radius 2 is 1.89 bits per heavy atom. The zero-order valence-corrected chi connectivity index (χ0v) is 10.7. The van der Waals surface area contributed by atoms with Crippen molar-refractivity contribution in [3.63, 3.8) is 0 Å². The maximum atomic E-state index is 9.43. The molecule has 0 amide bonds. The van der Waals surface area contributed by atoms with Crippen LogP contribution in [0, 0.1) is 0 Å². The number of aromatic nitrogens is 1. The number of nitrogens with zero attached hydrogens (tertiary/aromatic N) is 2. The summed E-state index contributed by atoms with van der Waals surface area (Å²) in [6.07, 6.45) is 1.26. The van der Waals surface area contributed by atoms with E-state index in [9.17, 15) is 5.11 Å². The summed E-state index contributed by atoms with van der Waals surface area (Å²) in [6.45, 7) is 2.56. The SMILES string of the molecule is C[C@H](O)c1ccc(N(C)Cc2ccccc2)nc1. The van der Waals surface area contributed by atoms with Gasteiger partial charge >= 0.3 is 0 Å². The van der Waals surface area contributed by atoms with Crippen LogP contribution in [0.2, 0.25) is 0 Å². The number of anilines is 1. The van der Waals surface area contributed by atoms with Gasteiger partial charge in [0.25, 0.3) is 0 Å². The lowest BCUT2D eigenvalue weighted by molar-refractivity contribution is 0.199. The minimum absolute atomic E-state index is 0.467. The summed E-state index contributed by atoms with van der Waals surface area (Å²) in [5.74, 6) is 0.906. The van der Waals surface area contributed by atoms with Crippen LogP contribution in [-0.4, -0.2) is 17.1 Å². The number of benzene rings is 1. The first-order chi connectivity index (χ1) is 8.66. The number of aliphatic hydroxyl groups excluding tert-OH is 1. The number of rotatable bonds is 4. The maximum absolute atomic E-state index is 9.43. The van der Waals surface area contributed by atoms with Crippen molar-refractivity contribution in [1.29, 1.82) is 0 Å². The van der Waals surface area contributed by atoms with Gasteiger partial charge in [0.2, 0.25) is 0 Å². The second-order valence-electron chi connectivity index (χ2n) is 4.47. The fourth-order valence-corrected chi connectivity index (χ4v) is 1.81. The van der Waals surface area contributed by atoms with E-state index in [1.54, 1.807) is 13.1 Å². The Hall–Kier alpha value is -1.87. The molecule has 0 bridgehead atoms. The number of pyridine rings is 1. The molecule has 1 aromatic carbocycles. The number of hydrogen-bond donors (Lipinski definition) is 1. The van der Waals surface area contributed by atoms with E-state index in [0.717, 1.165) is 17.9 Å². The van der Waals surface area contributed by atoms with E-state index < -0.39 is 6.10 Å². The van der Waals surface area contributed by atoms with Gasteiger partial charge in [-0.05, 0) is 24.1 Å². The van der Waals surface area contributed by atoms with E-state index in [2.05, 4.69) is 22.0 Å². The fourth-order valence-electron chi connectivity index (χ4n) is 1.81. The molecule has 94 valence electrons. The molecule has 0 unspecified atom stereocenters. The second-order valence-corrected chi connectivity index (χ2v) is 4.47. The Kier molecular flexibility index (Phi) is 3.95. The summed E-state index contributed by atoms with van der Waals surface area (Å²) in [5, 5.41) is 9.43. The molecule has 0 radical (unpaired) electrons. The molecule has 1 N–H and O–H groups in total. The first-order valence-electron chi connectivity index (χ1n) is 6.06. The van der Waals surface area contributed by atoms with Crippen molar-refractivity contribution in [2.24, 2.45) is 0 Å². The van der Waals surface area contributed by atoms with Crippen LogP contribution in [0.3, 0.4) is 0 Å². The third-order valence-electron chi connectivity index (χ3n) is 2.91. The normalized spacial score (nSPS) is 12.2. The van der Waals surface area contributed by atoms with Crippen LogP contribution >= 0.6 is 0 Å². The van der Waals surface area contributed by atoms with Gasteiger partial charge in [0.1, 0.15) is 5.82 Å². The van der Waals surface area contributed by atoms with Crippen LogP contribution in [0.25, 0.3) is 0 Å². The summed E-state index contributed by atoms with van der Waals surface area (Å²) in [5.41, 5.74) is 2.09. The third kappa shape index (κ3) is 3.08. The Morgan fingerprint density at radius 3 is 2.44 bits per heavy atom. The molecule has 1 heterocycles. The highest BCUT2D eigenvalue weighted by molar-refractivity contribution is 5.39. The summed E-state index contributed by atoms with van der Waals surface area (Å²) in [4.78, 5) is 6.45. The molecule has 0 saturated carbocycles. The summed E-state index contributed by atoms with van der Waals surface area (Å²) >= 11 is 0. The molecule has 0 aliphatic heterocycles. The molecule has 2 rings (SSSR count). The average molecular weight is 242 g/mol. The van der Waals surface area contributed by atoms with Gasteiger partial charge < -0.3 is 10.0 Å². The Bertz CT molecular complexity index is 480. The summed E-state index contributed by atoms with van der Waals surface area (Å²) in [7, 11) is 2.01. The van der Waals surface area contributed by atoms with Crippen molar-refractivity contribution in [2.45, 2.75) is 19.6 Å². The molecular weight excluding hydrogens is 224 g/mol. The molecule has 1 aromatic heterocycles. The first kappa shape index (κ1) is 12.6. The van der Waals surface area contributed by atoms with Gasteiger partial charge in [0.05, 0.1) is 6.10 Å². The van der Waals surface area contributed by atoms with E-state index in [4.69, 9.17) is 0 Å². The molecular formula is C15H18N2O. The Labute approximate surface area is 108 Å². The summed E-state index contributed by atoms with van der Waals surface area (Å²) < 4.78 is 0. The van der Waals surface area contributed by atoms with Crippen LogP contribution in [0.4, 0.5) is 5.82 Å². The minimum Gasteiger partial charge on any atom is -0.389 e. The standard InChI is InChI=1S/C15H18N2O/c1-12(18)14-8-9-15(16-10-14)17(2)11-13-6-4-3-5-7-13/h3-10,12,18H,11H2,1-2H3/t12-/m0/s1. The van der Waals surface area contributed by atoms with E-state index in [-0.39, 0.29) is 0 Å². The van der Waals surface area contributed by atoms with Gasteiger partial charge in [-0.15, -0.1) is 0 Å². The molecule has 3 nitrogen and oxygen atoms in total. The quantitative estimate of drug-likeness (QED) is 0.895. The smallest absolute Gasteiger partial charge is 0.128 e. The van der Waals surface area contributed by atoms with Gasteiger partial charge in [-0.25, -0.2) is 4.98 Å². The van der Waals surface area contributed by atoms with Gasteiger partial charge in [-0.2, -0.15) is 0 Å². The van der Waals surface area contributed by atoms with Crippen LogP contribution in [0.15, 0.2) is 48.7 Å². The first-order valence-corrected chi connectivity index (χ1v) is 6.06. The van der Waals surface area contributed by atoms with Gasteiger partial charge in [-0.1, -0.05) is 36.4 Å². The highest BCUT2D eigenvalue weighted by atomic mass is 16.3. The van der Waals surface area contributed by atoms with E-state index in [1.165, 1.54) is 5.56 Å². The van der Waals surface area contributed by atoms with Gasteiger partial charge in [-0.3, -0.25) is 0 Å². The molecule has 1 atom stereocenters. The highest BCUT2D eigenvalue weighted by Crippen LogP contribution is 2.16. The topological polar surface area (TPSA) is 36.4 Å². The van der Waals surface area contributed by atoms with Crippen molar-refractivity contribution in [1.82, 2.24) is 4.98 Å². The number of hydrogen-bond acceptors (Lipinski definition) is 3. The second kappa shape index (κ2) is 5.65. The molecule has 0 aliphatic carbocycles. The monoisotopic (exact) mass is 242 g/mol. The average Bonchev–Trinajstić information content (AvgIpc) is 2.40. The highest BCUT2D eigenvalue weighted by Gasteiger charge is 2.05. The molecule has 0 aliphatic rings. The number of aliphatic hydroxyl groups is 1. The summed E-state index contributed by atoms with van der Waals surface area (Å²) in [6, 6.07) is 14.1. The molecule has 2 aromatic rings. The predicted octanol–water partition coefficient (Wildman–Crippen LogP) is 2.77. The molecule has 0 saturated heterocycles.